The number of carbonyl (C=O) groups excluding carboxylic acids is 1. The largest absolute Gasteiger partial charge is 0.444 e. The Kier molecular flexibility index (Phi) is 3.84. The fourth-order valence-corrected chi connectivity index (χ4v) is 3.17. The first kappa shape index (κ1) is 13.3. The summed E-state index contributed by atoms with van der Waals surface area (Å²) in [7, 11) is 0. The molecule has 5 nitrogen and oxygen atoms in total. The van der Waals surface area contributed by atoms with Crippen molar-refractivity contribution in [2.45, 2.75) is 25.3 Å². The van der Waals surface area contributed by atoms with E-state index in [0.29, 0.717) is 11.6 Å². The van der Waals surface area contributed by atoms with Crippen molar-refractivity contribution in [1.82, 2.24) is 9.88 Å². The molecule has 1 atom stereocenters. The Balaban J connectivity index is 1.67. The molecule has 1 fully saturated rings. The van der Waals surface area contributed by atoms with E-state index in [9.17, 15) is 9.90 Å². The molecule has 1 aliphatic heterocycles. The van der Waals surface area contributed by atoms with E-state index in [1.54, 1.807) is 16.2 Å². The maximum absolute atomic E-state index is 12.2. The number of thiophene rings is 1. The molecule has 1 aliphatic rings. The molecule has 0 saturated carbocycles. The smallest absolute Gasteiger partial charge is 0.236 e. The van der Waals surface area contributed by atoms with Crippen LogP contribution in [0.2, 0.25) is 0 Å². The van der Waals surface area contributed by atoms with E-state index in [-0.39, 0.29) is 25.0 Å². The highest BCUT2D eigenvalue weighted by Gasteiger charge is 2.28. The second kappa shape index (κ2) is 5.76. The van der Waals surface area contributed by atoms with Crippen molar-refractivity contribution >= 4 is 17.2 Å². The first-order valence-corrected chi connectivity index (χ1v) is 7.54. The van der Waals surface area contributed by atoms with E-state index in [0.717, 1.165) is 24.3 Å². The average Bonchev–Trinajstić information content (AvgIpc) is 3.19. The average molecular weight is 292 g/mol. The molecule has 6 heteroatoms. The standard InChI is InChI=1S/C14H16N2O3S/c17-8-11-3-1-5-16(11)13(18)7-10-9-19-14(15-10)12-4-2-6-20-12/h2,4,6,9,11,17H,1,3,5,7-8H2/t11-/m1/s1. The van der Waals surface area contributed by atoms with Crippen molar-refractivity contribution in [2.24, 2.45) is 0 Å². The highest BCUT2D eigenvalue weighted by atomic mass is 32.1. The molecule has 2 aromatic heterocycles. The number of nitrogens with zero attached hydrogens (tertiary/aromatic N) is 2. The number of rotatable bonds is 4. The first-order chi connectivity index (χ1) is 9.78. The van der Waals surface area contributed by atoms with E-state index < -0.39 is 0 Å². The number of aliphatic hydroxyl groups is 1. The fraction of sp³-hybridized carbons (Fsp3) is 0.429. The third kappa shape index (κ3) is 2.62. The van der Waals surface area contributed by atoms with Crippen LogP contribution in [0.1, 0.15) is 18.5 Å². The molecule has 1 N–H and O–H groups in total. The van der Waals surface area contributed by atoms with Crippen LogP contribution >= 0.6 is 11.3 Å². The van der Waals surface area contributed by atoms with Crippen LogP contribution in [-0.2, 0) is 11.2 Å². The number of aliphatic hydroxyl groups excluding tert-OH is 1. The van der Waals surface area contributed by atoms with E-state index in [2.05, 4.69) is 4.98 Å². The Bertz CT molecular complexity index is 579. The van der Waals surface area contributed by atoms with Gasteiger partial charge in [-0.1, -0.05) is 6.07 Å². The van der Waals surface area contributed by atoms with Crippen LogP contribution in [0.25, 0.3) is 10.8 Å². The zero-order valence-electron chi connectivity index (χ0n) is 11.0. The normalized spacial score (nSPS) is 18.6. The van der Waals surface area contributed by atoms with Gasteiger partial charge in [-0.2, -0.15) is 0 Å². The molecule has 0 radical (unpaired) electrons. The lowest BCUT2D eigenvalue weighted by Gasteiger charge is -2.22. The van der Waals surface area contributed by atoms with E-state index in [1.807, 2.05) is 17.5 Å². The molecule has 3 rings (SSSR count). The Morgan fingerprint density at radius 1 is 1.60 bits per heavy atom. The van der Waals surface area contributed by atoms with Gasteiger partial charge in [-0.05, 0) is 24.3 Å². The van der Waals surface area contributed by atoms with Crippen LogP contribution in [-0.4, -0.2) is 40.1 Å². The van der Waals surface area contributed by atoms with E-state index in [1.165, 1.54) is 6.26 Å². The summed E-state index contributed by atoms with van der Waals surface area (Å²) < 4.78 is 5.40. The van der Waals surface area contributed by atoms with Crippen LogP contribution in [0.5, 0.6) is 0 Å². The Labute approximate surface area is 120 Å². The summed E-state index contributed by atoms with van der Waals surface area (Å²) in [6.45, 7) is 0.755. The number of likely N-dealkylation sites (tertiary alicyclic amines) is 1. The SMILES string of the molecule is O=C(Cc1coc(-c2cccs2)n1)N1CCC[C@@H]1CO. The Morgan fingerprint density at radius 2 is 2.50 bits per heavy atom. The minimum atomic E-state index is -0.0360. The summed E-state index contributed by atoms with van der Waals surface area (Å²) in [5, 5.41) is 11.2. The van der Waals surface area contributed by atoms with Crippen molar-refractivity contribution in [3.05, 3.63) is 29.5 Å². The van der Waals surface area contributed by atoms with Gasteiger partial charge in [0, 0.05) is 6.54 Å². The molecule has 0 aliphatic carbocycles. The van der Waals surface area contributed by atoms with Crippen molar-refractivity contribution in [3.63, 3.8) is 0 Å². The molecule has 1 saturated heterocycles. The zero-order valence-corrected chi connectivity index (χ0v) is 11.8. The molecule has 2 aromatic rings. The van der Waals surface area contributed by atoms with Crippen molar-refractivity contribution in [1.29, 1.82) is 0 Å². The Morgan fingerprint density at radius 3 is 3.25 bits per heavy atom. The van der Waals surface area contributed by atoms with Crippen molar-refractivity contribution in [3.8, 4) is 10.8 Å². The van der Waals surface area contributed by atoms with Crippen LogP contribution < -0.4 is 0 Å². The van der Waals surface area contributed by atoms with Gasteiger partial charge in [0.05, 0.1) is 29.6 Å². The van der Waals surface area contributed by atoms with Gasteiger partial charge in [-0.3, -0.25) is 4.79 Å². The first-order valence-electron chi connectivity index (χ1n) is 6.66. The predicted octanol–water partition coefficient (Wildman–Crippen LogP) is 1.93. The van der Waals surface area contributed by atoms with Crippen molar-refractivity contribution in [2.75, 3.05) is 13.2 Å². The summed E-state index contributed by atoms with van der Waals surface area (Å²) in [6.07, 6.45) is 3.60. The minimum Gasteiger partial charge on any atom is -0.444 e. The van der Waals surface area contributed by atoms with Crippen LogP contribution in [0.4, 0.5) is 0 Å². The molecule has 0 unspecified atom stereocenters. The highest BCUT2D eigenvalue weighted by molar-refractivity contribution is 7.13. The third-order valence-corrected chi connectivity index (χ3v) is 4.38. The number of aromatic nitrogens is 1. The topological polar surface area (TPSA) is 66.6 Å². The lowest BCUT2D eigenvalue weighted by molar-refractivity contribution is -0.132. The van der Waals surface area contributed by atoms with E-state index >= 15 is 0 Å². The van der Waals surface area contributed by atoms with Crippen LogP contribution in [0, 0.1) is 0 Å². The van der Waals surface area contributed by atoms with Crippen molar-refractivity contribution < 1.29 is 14.3 Å². The van der Waals surface area contributed by atoms with E-state index in [4.69, 9.17) is 4.42 Å². The quantitative estimate of drug-likeness (QED) is 0.935. The molecule has 1 amide bonds. The van der Waals surface area contributed by atoms with Crippen LogP contribution in [0.3, 0.4) is 0 Å². The zero-order chi connectivity index (χ0) is 13.9. The molecular weight excluding hydrogens is 276 g/mol. The van der Waals surface area contributed by atoms with Crippen LogP contribution in [0.15, 0.2) is 28.2 Å². The van der Waals surface area contributed by atoms with Gasteiger partial charge in [0.2, 0.25) is 11.8 Å². The van der Waals surface area contributed by atoms with Gasteiger partial charge in [0.25, 0.3) is 0 Å². The molecule has 20 heavy (non-hydrogen) atoms. The highest BCUT2D eigenvalue weighted by Crippen LogP contribution is 2.24. The van der Waals surface area contributed by atoms with Gasteiger partial charge in [-0.25, -0.2) is 4.98 Å². The summed E-state index contributed by atoms with van der Waals surface area (Å²) in [6, 6.07) is 3.83. The Hall–Kier alpha value is -1.66. The lowest BCUT2D eigenvalue weighted by Crippen LogP contribution is -2.38. The lowest BCUT2D eigenvalue weighted by atomic mass is 10.2. The maximum Gasteiger partial charge on any atom is 0.236 e. The minimum absolute atomic E-state index is 0.00702. The molecule has 106 valence electrons. The van der Waals surface area contributed by atoms with Gasteiger partial charge >= 0.3 is 0 Å². The second-order valence-electron chi connectivity index (χ2n) is 4.86. The molecule has 0 aromatic carbocycles. The fourth-order valence-electron chi connectivity index (χ4n) is 2.51. The summed E-state index contributed by atoms with van der Waals surface area (Å²) in [5.41, 5.74) is 0.641. The molecule has 0 spiro atoms. The van der Waals surface area contributed by atoms with Gasteiger partial charge in [0.1, 0.15) is 6.26 Å². The second-order valence-corrected chi connectivity index (χ2v) is 5.81. The number of amides is 1. The predicted molar refractivity (Wildman–Crippen MR) is 75.3 cm³/mol. The molecular formula is C14H16N2O3S. The third-order valence-electron chi connectivity index (χ3n) is 3.52. The summed E-state index contributed by atoms with van der Waals surface area (Å²) >= 11 is 1.55. The molecule has 3 heterocycles. The number of hydrogen-bond donors (Lipinski definition) is 1. The van der Waals surface area contributed by atoms with Gasteiger partial charge in [-0.15, -0.1) is 11.3 Å². The number of hydrogen-bond acceptors (Lipinski definition) is 5. The summed E-state index contributed by atoms with van der Waals surface area (Å²) in [4.78, 5) is 19.3. The summed E-state index contributed by atoms with van der Waals surface area (Å²) in [5.74, 6) is 0.565. The van der Waals surface area contributed by atoms with Gasteiger partial charge < -0.3 is 14.4 Å². The number of carbonyl (C=O) groups is 1. The van der Waals surface area contributed by atoms with Gasteiger partial charge in [0.15, 0.2) is 0 Å². The monoisotopic (exact) mass is 292 g/mol. The maximum atomic E-state index is 12.2. The molecule has 0 bridgehead atoms. The number of oxazole rings is 1.